The summed E-state index contributed by atoms with van der Waals surface area (Å²) in [5.41, 5.74) is 4.18. The van der Waals surface area contributed by atoms with Crippen LogP contribution in [0.2, 0.25) is 0 Å². The van der Waals surface area contributed by atoms with Crippen LogP contribution in [0.3, 0.4) is 0 Å². The molecule has 0 aliphatic heterocycles. The van der Waals surface area contributed by atoms with Crippen molar-refractivity contribution in [1.29, 1.82) is 0 Å². The largest absolute Gasteiger partial charge is 0.495 e. The van der Waals surface area contributed by atoms with Crippen molar-refractivity contribution in [3.63, 3.8) is 0 Å². The normalized spacial score (nSPS) is 11.3. The summed E-state index contributed by atoms with van der Waals surface area (Å²) < 4.78 is 7.94. The molecule has 1 heterocycles. The van der Waals surface area contributed by atoms with Gasteiger partial charge >= 0.3 is 0 Å². The van der Waals surface area contributed by atoms with Gasteiger partial charge < -0.3 is 10.1 Å². The van der Waals surface area contributed by atoms with Gasteiger partial charge in [-0.25, -0.2) is 4.99 Å². The van der Waals surface area contributed by atoms with E-state index in [-0.39, 0.29) is 5.91 Å². The number of anilines is 1. The summed E-state index contributed by atoms with van der Waals surface area (Å²) in [4.78, 5) is 17.5. The molecule has 0 radical (unpaired) electrons. The molecule has 0 fully saturated rings. The van der Waals surface area contributed by atoms with Crippen LogP contribution in [0.15, 0.2) is 58.0 Å². The first-order valence-electron chi connectivity index (χ1n) is 9.40. The number of nitrogens with one attached hydrogen (secondary N) is 2. The highest BCUT2D eigenvalue weighted by Crippen LogP contribution is 2.23. The number of amides is 1. The van der Waals surface area contributed by atoms with Crippen LogP contribution in [0.25, 0.3) is 0 Å². The fourth-order valence-electron chi connectivity index (χ4n) is 3.01. The molecule has 0 unspecified atom stereocenters. The summed E-state index contributed by atoms with van der Waals surface area (Å²) in [6.07, 6.45) is 0. The topological polar surface area (TPSA) is 80.5 Å². The van der Waals surface area contributed by atoms with Crippen LogP contribution < -0.4 is 15.4 Å². The summed E-state index contributed by atoms with van der Waals surface area (Å²) in [6, 6.07) is 14.7. The molecule has 0 spiro atoms. The quantitative estimate of drug-likeness (QED) is 0.433. The Hall–Kier alpha value is -3.13. The first-order valence-corrected chi connectivity index (χ1v) is 10.2. The third-order valence-electron chi connectivity index (χ3n) is 4.76. The number of aromatic nitrogens is 2. The smallest absolute Gasteiger partial charge is 0.259 e. The summed E-state index contributed by atoms with van der Waals surface area (Å²) in [6.45, 7) is 4.32. The van der Waals surface area contributed by atoms with E-state index in [0.717, 1.165) is 17.0 Å². The number of ether oxygens (including phenoxy) is 1. The Bertz CT molecular complexity index is 1090. The predicted molar refractivity (Wildman–Crippen MR) is 122 cm³/mol. The average Bonchev–Trinajstić information content (AvgIpc) is 2.98. The van der Waals surface area contributed by atoms with Gasteiger partial charge in [0.2, 0.25) is 5.96 Å². The lowest BCUT2D eigenvalue weighted by Crippen LogP contribution is -2.36. The number of carbonyl (C=O) groups excluding carboxylic acids is 1. The molecule has 0 aliphatic carbocycles. The molecule has 8 heteroatoms. The predicted octanol–water partition coefficient (Wildman–Crippen LogP) is 4.21. The van der Waals surface area contributed by atoms with E-state index in [0.29, 0.717) is 34.0 Å². The number of aryl methyl sites for hydroxylation is 2. The van der Waals surface area contributed by atoms with Crippen LogP contribution in [0.5, 0.6) is 5.75 Å². The van der Waals surface area contributed by atoms with Gasteiger partial charge in [0.15, 0.2) is 0 Å². The molecule has 0 saturated carbocycles. The van der Waals surface area contributed by atoms with Gasteiger partial charge in [-0.05, 0) is 54.0 Å². The van der Waals surface area contributed by atoms with Crippen molar-refractivity contribution in [2.24, 2.45) is 12.0 Å². The number of nitrogens with zero attached hydrogens (tertiary/aromatic N) is 3. The van der Waals surface area contributed by atoms with Crippen molar-refractivity contribution >= 4 is 33.5 Å². The van der Waals surface area contributed by atoms with E-state index in [2.05, 4.69) is 36.7 Å². The molecular formula is C22H24BrN5O2. The van der Waals surface area contributed by atoms with Crippen molar-refractivity contribution in [3.8, 4) is 5.75 Å². The maximum absolute atomic E-state index is 12.9. The fraction of sp³-hybridized carbons (Fsp3) is 0.227. The second-order valence-electron chi connectivity index (χ2n) is 6.70. The van der Waals surface area contributed by atoms with E-state index in [1.165, 1.54) is 0 Å². The zero-order valence-electron chi connectivity index (χ0n) is 17.4. The number of para-hydroxylation sites is 2. The molecule has 1 aromatic heterocycles. The van der Waals surface area contributed by atoms with Gasteiger partial charge in [-0.15, -0.1) is 0 Å². The second-order valence-corrected chi connectivity index (χ2v) is 7.55. The van der Waals surface area contributed by atoms with Crippen molar-refractivity contribution in [1.82, 2.24) is 15.1 Å². The Labute approximate surface area is 184 Å². The monoisotopic (exact) mass is 469 g/mol. The lowest BCUT2D eigenvalue weighted by atomic mass is 10.2. The number of hydrogen-bond donors (Lipinski definition) is 2. The number of hydrogen-bond acceptors (Lipinski definition) is 4. The molecule has 0 saturated heterocycles. The minimum absolute atomic E-state index is 0.275. The number of aliphatic imine (C=N–C) groups is 1. The highest BCUT2D eigenvalue weighted by atomic mass is 79.9. The van der Waals surface area contributed by atoms with Crippen molar-refractivity contribution in [2.75, 3.05) is 12.4 Å². The molecule has 2 N–H and O–H groups in total. The number of halogens is 1. The molecular weight excluding hydrogens is 446 g/mol. The minimum Gasteiger partial charge on any atom is -0.495 e. The van der Waals surface area contributed by atoms with E-state index >= 15 is 0 Å². The number of guanidine groups is 1. The van der Waals surface area contributed by atoms with Crippen LogP contribution in [0, 0.1) is 13.8 Å². The van der Waals surface area contributed by atoms with Crippen LogP contribution in [-0.2, 0) is 13.6 Å². The zero-order valence-corrected chi connectivity index (χ0v) is 18.9. The molecule has 156 valence electrons. The van der Waals surface area contributed by atoms with Crippen LogP contribution in [-0.4, -0.2) is 28.8 Å². The molecule has 30 heavy (non-hydrogen) atoms. The van der Waals surface area contributed by atoms with Gasteiger partial charge in [0.05, 0.1) is 30.6 Å². The minimum atomic E-state index is -0.275. The maximum Gasteiger partial charge on any atom is 0.259 e. The Balaban J connectivity index is 1.91. The molecule has 0 aliphatic rings. The van der Waals surface area contributed by atoms with Crippen molar-refractivity contribution in [3.05, 3.63) is 75.5 Å². The average molecular weight is 470 g/mol. The summed E-state index contributed by atoms with van der Waals surface area (Å²) in [5.74, 6) is 0.695. The SMILES string of the molecule is COc1ccccc1NC(=NCc1c(C)nn(C)c1C)NC(=O)c1ccccc1Br. The number of methoxy groups -OCH3 is 1. The van der Waals surface area contributed by atoms with Gasteiger partial charge in [-0.3, -0.25) is 14.8 Å². The Morgan fingerprint density at radius 1 is 1.17 bits per heavy atom. The zero-order chi connectivity index (χ0) is 21.7. The first-order chi connectivity index (χ1) is 14.4. The van der Waals surface area contributed by atoms with Crippen LogP contribution >= 0.6 is 15.9 Å². The number of carbonyl (C=O) groups is 1. The summed E-state index contributed by atoms with van der Waals surface area (Å²) in [7, 11) is 3.50. The third-order valence-corrected chi connectivity index (χ3v) is 5.46. The van der Waals surface area contributed by atoms with E-state index in [4.69, 9.17) is 4.74 Å². The Kier molecular flexibility index (Phi) is 6.89. The molecule has 0 atom stereocenters. The highest BCUT2D eigenvalue weighted by molar-refractivity contribution is 9.10. The lowest BCUT2D eigenvalue weighted by molar-refractivity contribution is 0.0976. The molecule has 3 aromatic rings. The van der Waals surface area contributed by atoms with Gasteiger partial charge in [0, 0.05) is 22.8 Å². The molecule has 0 bridgehead atoms. The summed E-state index contributed by atoms with van der Waals surface area (Å²) in [5, 5.41) is 10.5. The van der Waals surface area contributed by atoms with E-state index in [9.17, 15) is 4.79 Å². The van der Waals surface area contributed by atoms with Gasteiger partial charge in [-0.2, -0.15) is 5.10 Å². The lowest BCUT2D eigenvalue weighted by Gasteiger charge is -2.15. The van der Waals surface area contributed by atoms with Gasteiger partial charge in [-0.1, -0.05) is 24.3 Å². The molecule has 2 aromatic carbocycles. The van der Waals surface area contributed by atoms with Gasteiger partial charge in [0.1, 0.15) is 5.75 Å². The van der Waals surface area contributed by atoms with Crippen molar-refractivity contribution in [2.45, 2.75) is 20.4 Å². The second kappa shape index (κ2) is 9.58. The molecule has 1 amide bonds. The van der Waals surface area contributed by atoms with E-state index < -0.39 is 0 Å². The van der Waals surface area contributed by atoms with Crippen molar-refractivity contribution < 1.29 is 9.53 Å². The Morgan fingerprint density at radius 2 is 1.87 bits per heavy atom. The molecule has 3 rings (SSSR count). The summed E-state index contributed by atoms with van der Waals surface area (Å²) >= 11 is 3.42. The first kappa shape index (κ1) is 21.6. The fourth-order valence-corrected chi connectivity index (χ4v) is 3.48. The maximum atomic E-state index is 12.9. The van der Waals surface area contributed by atoms with E-state index in [1.54, 1.807) is 13.2 Å². The molecule has 7 nitrogen and oxygen atoms in total. The highest BCUT2D eigenvalue weighted by Gasteiger charge is 2.15. The standard InChI is InChI=1S/C22H24BrN5O2/c1-14-17(15(2)28(3)27-14)13-24-22(25-19-11-7-8-12-20(19)30-4)26-21(29)16-9-5-6-10-18(16)23/h5-12H,13H2,1-4H3,(H2,24,25,26,29). The number of benzene rings is 2. The van der Waals surface area contributed by atoms with Crippen LogP contribution in [0.4, 0.5) is 5.69 Å². The Morgan fingerprint density at radius 3 is 2.53 bits per heavy atom. The third kappa shape index (κ3) is 4.88. The van der Waals surface area contributed by atoms with Crippen LogP contribution in [0.1, 0.15) is 27.3 Å². The van der Waals surface area contributed by atoms with E-state index in [1.807, 2.05) is 68.0 Å². The van der Waals surface area contributed by atoms with Gasteiger partial charge in [0.25, 0.3) is 5.91 Å². The number of rotatable bonds is 5.